The topological polar surface area (TPSA) is 38.0 Å². The van der Waals surface area contributed by atoms with E-state index in [1.54, 1.807) is 30.3 Å². The van der Waals surface area contributed by atoms with Crippen LogP contribution >= 0.6 is 11.8 Å². The normalized spacial score (nSPS) is 10.7. The van der Waals surface area contributed by atoms with Crippen molar-refractivity contribution in [2.24, 2.45) is 0 Å². The number of halogens is 2. The molecule has 0 bridgehead atoms. The highest BCUT2D eigenvalue weighted by molar-refractivity contribution is 7.99. The zero-order valence-corrected chi connectivity index (χ0v) is 11.2. The van der Waals surface area contributed by atoms with Gasteiger partial charge in [0, 0.05) is 16.3 Å². The van der Waals surface area contributed by atoms with Gasteiger partial charge >= 0.3 is 0 Å². The molecule has 0 fully saturated rings. The monoisotopic (exact) mass is 280 g/mol. The molecule has 0 spiro atoms. The summed E-state index contributed by atoms with van der Waals surface area (Å²) in [5, 5.41) is 3.13. The van der Waals surface area contributed by atoms with Gasteiger partial charge in [-0.05, 0) is 42.8 Å². The van der Waals surface area contributed by atoms with Gasteiger partial charge in [0.2, 0.25) is 0 Å². The summed E-state index contributed by atoms with van der Waals surface area (Å²) in [5.41, 5.74) is 8.86. The summed E-state index contributed by atoms with van der Waals surface area (Å²) in [4.78, 5) is 0.512. The first-order chi connectivity index (χ1) is 9.04. The molecular formula is C14H14F2N2S. The van der Waals surface area contributed by atoms with E-state index in [1.165, 1.54) is 0 Å². The van der Waals surface area contributed by atoms with E-state index in [9.17, 15) is 8.78 Å². The summed E-state index contributed by atoms with van der Waals surface area (Å²) < 4.78 is 25.0. The van der Waals surface area contributed by atoms with Crippen molar-refractivity contribution in [3.8, 4) is 0 Å². The minimum absolute atomic E-state index is 0.512. The van der Waals surface area contributed by atoms with Crippen LogP contribution in [0, 0.1) is 6.92 Å². The van der Waals surface area contributed by atoms with Crippen LogP contribution in [0.25, 0.3) is 0 Å². The van der Waals surface area contributed by atoms with Crippen LogP contribution in [0.4, 0.5) is 25.8 Å². The van der Waals surface area contributed by atoms with E-state index in [2.05, 4.69) is 5.32 Å². The summed E-state index contributed by atoms with van der Waals surface area (Å²) in [6.07, 6.45) is 0. The Labute approximate surface area is 115 Å². The van der Waals surface area contributed by atoms with E-state index in [4.69, 9.17) is 5.73 Å². The minimum Gasteiger partial charge on any atom is -0.399 e. The summed E-state index contributed by atoms with van der Waals surface area (Å²) >= 11 is 0.526. The highest BCUT2D eigenvalue weighted by Crippen LogP contribution is 2.33. The van der Waals surface area contributed by atoms with Crippen LogP contribution in [-0.4, -0.2) is 5.76 Å². The van der Waals surface area contributed by atoms with Crippen molar-refractivity contribution in [2.45, 2.75) is 17.6 Å². The van der Waals surface area contributed by atoms with Gasteiger partial charge in [-0.1, -0.05) is 23.9 Å². The number of nitrogen functional groups attached to an aromatic ring is 1. The van der Waals surface area contributed by atoms with Gasteiger partial charge in [-0.15, -0.1) is 0 Å². The molecule has 0 heterocycles. The Bertz CT molecular complexity index is 553. The third kappa shape index (κ3) is 3.86. The van der Waals surface area contributed by atoms with Crippen LogP contribution in [0.2, 0.25) is 0 Å². The second kappa shape index (κ2) is 5.93. The molecule has 0 radical (unpaired) electrons. The molecule has 0 amide bonds. The number of nitrogens with one attached hydrogen (secondary N) is 1. The third-order valence-corrected chi connectivity index (χ3v) is 3.27. The molecule has 0 unspecified atom stereocenters. The fourth-order valence-electron chi connectivity index (χ4n) is 1.81. The number of anilines is 3. The predicted molar refractivity (Wildman–Crippen MR) is 77.2 cm³/mol. The smallest absolute Gasteiger partial charge is 0.288 e. The molecule has 2 aromatic rings. The number of nitrogens with two attached hydrogens (primary N) is 1. The van der Waals surface area contributed by atoms with Gasteiger partial charge < -0.3 is 11.1 Å². The van der Waals surface area contributed by atoms with Gasteiger partial charge in [-0.3, -0.25) is 0 Å². The van der Waals surface area contributed by atoms with Crippen molar-refractivity contribution in [1.29, 1.82) is 0 Å². The van der Waals surface area contributed by atoms with E-state index in [0.29, 0.717) is 28.0 Å². The Morgan fingerprint density at radius 1 is 1.16 bits per heavy atom. The maximum atomic E-state index is 12.5. The highest BCUT2D eigenvalue weighted by Gasteiger charge is 2.09. The Morgan fingerprint density at radius 2 is 1.89 bits per heavy atom. The first kappa shape index (κ1) is 13.7. The van der Waals surface area contributed by atoms with Crippen molar-refractivity contribution >= 4 is 28.8 Å². The van der Waals surface area contributed by atoms with Crippen LogP contribution < -0.4 is 11.1 Å². The standard InChI is InChI=1S/C14H14F2N2S/c1-9-6-10(17)8-11(7-9)18-12-4-2-3-5-13(12)19-14(15)16/h2-8,14,18H,17H2,1H3. The lowest BCUT2D eigenvalue weighted by Gasteiger charge is -2.12. The molecule has 19 heavy (non-hydrogen) atoms. The largest absolute Gasteiger partial charge is 0.399 e. The van der Waals surface area contributed by atoms with E-state index in [0.717, 1.165) is 11.3 Å². The van der Waals surface area contributed by atoms with Crippen molar-refractivity contribution in [3.63, 3.8) is 0 Å². The number of aryl methyl sites for hydroxylation is 1. The number of rotatable bonds is 4. The van der Waals surface area contributed by atoms with Crippen LogP contribution in [0.5, 0.6) is 0 Å². The van der Waals surface area contributed by atoms with Crippen molar-refractivity contribution in [1.82, 2.24) is 0 Å². The second-order valence-corrected chi connectivity index (χ2v) is 5.16. The highest BCUT2D eigenvalue weighted by atomic mass is 32.2. The van der Waals surface area contributed by atoms with Crippen LogP contribution in [0.15, 0.2) is 47.4 Å². The van der Waals surface area contributed by atoms with Crippen LogP contribution in [0.3, 0.4) is 0 Å². The van der Waals surface area contributed by atoms with E-state index >= 15 is 0 Å². The summed E-state index contributed by atoms with van der Waals surface area (Å²) in [5.74, 6) is -2.44. The lowest BCUT2D eigenvalue weighted by Crippen LogP contribution is -1.96. The molecule has 3 N–H and O–H groups in total. The molecule has 0 aliphatic carbocycles. The average Bonchev–Trinajstić information content (AvgIpc) is 2.29. The molecule has 0 saturated carbocycles. The fraction of sp³-hybridized carbons (Fsp3) is 0.143. The third-order valence-electron chi connectivity index (χ3n) is 2.48. The Morgan fingerprint density at radius 3 is 2.58 bits per heavy atom. The van der Waals surface area contributed by atoms with Gasteiger partial charge in [-0.25, -0.2) is 0 Å². The molecule has 100 valence electrons. The summed E-state index contributed by atoms with van der Waals surface area (Å²) in [7, 11) is 0. The Balaban J connectivity index is 2.27. The van der Waals surface area contributed by atoms with Gasteiger partial charge in [0.1, 0.15) is 0 Å². The van der Waals surface area contributed by atoms with Crippen LogP contribution in [-0.2, 0) is 0 Å². The maximum Gasteiger partial charge on any atom is 0.288 e. The predicted octanol–water partition coefficient (Wildman–Crippen LogP) is 4.64. The molecule has 2 nitrogen and oxygen atoms in total. The number of para-hydroxylation sites is 1. The number of thioether (sulfide) groups is 1. The van der Waals surface area contributed by atoms with Gasteiger partial charge in [0.25, 0.3) is 5.76 Å². The van der Waals surface area contributed by atoms with Gasteiger partial charge in [-0.2, -0.15) is 8.78 Å². The summed E-state index contributed by atoms with van der Waals surface area (Å²) in [6.45, 7) is 1.93. The second-order valence-electron chi connectivity index (χ2n) is 4.13. The van der Waals surface area contributed by atoms with Crippen molar-refractivity contribution in [2.75, 3.05) is 11.1 Å². The number of alkyl halides is 2. The maximum absolute atomic E-state index is 12.5. The van der Waals surface area contributed by atoms with E-state index in [-0.39, 0.29) is 0 Å². The molecular weight excluding hydrogens is 266 g/mol. The zero-order valence-electron chi connectivity index (χ0n) is 10.4. The molecule has 2 aromatic carbocycles. The van der Waals surface area contributed by atoms with Gasteiger partial charge in [0.05, 0.1) is 5.69 Å². The van der Waals surface area contributed by atoms with Gasteiger partial charge in [0.15, 0.2) is 0 Å². The first-order valence-electron chi connectivity index (χ1n) is 5.72. The molecule has 0 aliphatic heterocycles. The Hall–Kier alpha value is -1.75. The van der Waals surface area contributed by atoms with Crippen molar-refractivity contribution in [3.05, 3.63) is 48.0 Å². The molecule has 0 saturated heterocycles. The molecule has 0 aliphatic rings. The number of hydrogen-bond acceptors (Lipinski definition) is 3. The number of benzene rings is 2. The van der Waals surface area contributed by atoms with Crippen LogP contribution in [0.1, 0.15) is 5.56 Å². The lowest BCUT2D eigenvalue weighted by molar-refractivity contribution is 0.252. The van der Waals surface area contributed by atoms with E-state index < -0.39 is 5.76 Å². The SMILES string of the molecule is Cc1cc(N)cc(Nc2ccccc2SC(F)F)c1. The quantitative estimate of drug-likeness (QED) is 0.633. The Kier molecular flexibility index (Phi) is 4.27. The van der Waals surface area contributed by atoms with E-state index in [1.807, 2.05) is 19.1 Å². The molecule has 0 atom stereocenters. The lowest BCUT2D eigenvalue weighted by atomic mass is 10.2. The zero-order chi connectivity index (χ0) is 13.8. The molecule has 2 rings (SSSR count). The number of hydrogen-bond donors (Lipinski definition) is 2. The average molecular weight is 280 g/mol. The molecule has 0 aromatic heterocycles. The first-order valence-corrected chi connectivity index (χ1v) is 6.60. The summed E-state index contributed by atoms with van der Waals surface area (Å²) in [6, 6.07) is 12.5. The van der Waals surface area contributed by atoms with Crippen molar-refractivity contribution < 1.29 is 8.78 Å². The molecule has 5 heteroatoms. The fourth-order valence-corrected chi connectivity index (χ4v) is 2.40. The minimum atomic E-state index is -2.44.